The first-order valence-electron chi connectivity index (χ1n) is 9.82. The van der Waals surface area contributed by atoms with Gasteiger partial charge < -0.3 is 9.38 Å². The summed E-state index contributed by atoms with van der Waals surface area (Å²) >= 11 is 0. The van der Waals surface area contributed by atoms with E-state index < -0.39 is 17.2 Å². The van der Waals surface area contributed by atoms with Gasteiger partial charge in [-0.3, -0.25) is 14.7 Å². The minimum absolute atomic E-state index is 0.121. The van der Waals surface area contributed by atoms with Gasteiger partial charge in [-0.25, -0.2) is 8.78 Å². The molecule has 8 heteroatoms. The summed E-state index contributed by atoms with van der Waals surface area (Å²) in [5, 5.41) is 8.89. The third-order valence-corrected chi connectivity index (χ3v) is 5.63. The number of nitrogens with zero attached hydrogens (tertiary/aromatic N) is 4. The molecule has 0 aliphatic carbocycles. The minimum atomic E-state index is -0.639. The first kappa shape index (κ1) is 19.2. The summed E-state index contributed by atoms with van der Waals surface area (Å²) in [4.78, 5) is 21.3. The second kappa shape index (κ2) is 7.45. The van der Waals surface area contributed by atoms with Crippen LogP contribution in [0.5, 0.6) is 0 Å². The zero-order valence-corrected chi connectivity index (χ0v) is 16.4. The van der Waals surface area contributed by atoms with E-state index in [9.17, 15) is 13.6 Å². The van der Waals surface area contributed by atoms with Gasteiger partial charge in [-0.2, -0.15) is 5.26 Å². The standard InChI is InChI=1S/C23H17F2N5O/c24-17-5-8-30-21-10-18(25)16(9-20(21)28-23(31)22(17)30)13-29-6-3-15(4-7-29)19-2-1-14(11-26)12-27-19/h1-3,5,8-10,12H,4,6-7,13H2,(H,28,31). The average Bonchev–Trinajstić information content (AvgIpc) is 3.18. The van der Waals surface area contributed by atoms with Crippen molar-refractivity contribution in [2.75, 3.05) is 13.1 Å². The SMILES string of the molecule is N#Cc1ccc(C2=CCN(Cc3cc4[nH]c(=O)c5c(F)ccn5c4cc3F)CC2)nc1. The molecular weight excluding hydrogens is 400 g/mol. The second-order valence-electron chi connectivity index (χ2n) is 7.56. The van der Waals surface area contributed by atoms with Crippen LogP contribution >= 0.6 is 0 Å². The predicted molar refractivity (Wildman–Crippen MR) is 112 cm³/mol. The number of aromatic amines is 1. The van der Waals surface area contributed by atoms with Gasteiger partial charge in [0.05, 0.1) is 22.3 Å². The minimum Gasteiger partial charge on any atom is -0.319 e. The van der Waals surface area contributed by atoms with Crippen LogP contribution in [0.2, 0.25) is 0 Å². The van der Waals surface area contributed by atoms with Crippen LogP contribution in [0.3, 0.4) is 0 Å². The molecule has 4 heterocycles. The van der Waals surface area contributed by atoms with Crippen molar-refractivity contribution < 1.29 is 8.78 Å². The van der Waals surface area contributed by atoms with E-state index in [-0.39, 0.29) is 5.52 Å². The van der Waals surface area contributed by atoms with Gasteiger partial charge in [-0.1, -0.05) is 6.08 Å². The fourth-order valence-electron chi connectivity index (χ4n) is 4.02. The van der Waals surface area contributed by atoms with Gasteiger partial charge in [0.25, 0.3) is 5.56 Å². The molecule has 0 unspecified atom stereocenters. The molecule has 0 bridgehead atoms. The summed E-state index contributed by atoms with van der Waals surface area (Å²) in [5.74, 6) is -1.04. The molecule has 0 saturated carbocycles. The Bertz CT molecular complexity index is 1440. The third-order valence-electron chi connectivity index (χ3n) is 5.63. The Kier molecular flexibility index (Phi) is 4.60. The third kappa shape index (κ3) is 3.39. The monoisotopic (exact) mass is 417 g/mol. The van der Waals surface area contributed by atoms with Gasteiger partial charge in [0.15, 0.2) is 5.82 Å². The van der Waals surface area contributed by atoms with Gasteiger partial charge >= 0.3 is 0 Å². The molecular formula is C23H17F2N5O. The zero-order chi connectivity index (χ0) is 21.5. The maximum Gasteiger partial charge on any atom is 0.275 e. The summed E-state index contributed by atoms with van der Waals surface area (Å²) in [6.45, 7) is 1.74. The molecule has 1 aromatic carbocycles. The number of nitrogens with one attached hydrogen (secondary N) is 1. The molecule has 4 aromatic rings. The zero-order valence-electron chi connectivity index (χ0n) is 16.4. The summed E-state index contributed by atoms with van der Waals surface area (Å²) < 4.78 is 30.1. The highest BCUT2D eigenvalue weighted by Gasteiger charge is 2.18. The first-order valence-corrected chi connectivity index (χ1v) is 9.82. The number of fused-ring (bicyclic) bond motifs is 3. The van der Waals surface area contributed by atoms with Crippen molar-refractivity contribution in [1.29, 1.82) is 5.26 Å². The molecule has 154 valence electrons. The van der Waals surface area contributed by atoms with Crippen LogP contribution in [0, 0.1) is 23.0 Å². The Morgan fingerprint density at radius 3 is 2.77 bits per heavy atom. The number of aromatic nitrogens is 3. The number of nitriles is 1. The Morgan fingerprint density at radius 1 is 1.19 bits per heavy atom. The van der Waals surface area contributed by atoms with E-state index in [1.54, 1.807) is 18.3 Å². The highest BCUT2D eigenvalue weighted by atomic mass is 19.1. The smallest absolute Gasteiger partial charge is 0.275 e. The molecule has 1 aliphatic rings. The van der Waals surface area contributed by atoms with Crippen LogP contribution < -0.4 is 5.56 Å². The summed E-state index contributed by atoms with van der Waals surface area (Å²) in [7, 11) is 0. The van der Waals surface area contributed by atoms with E-state index in [2.05, 4.69) is 27.0 Å². The molecule has 0 saturated heterocycles. The van der Waals surface area contributed by atoms with Gasteiger partial charge in [0.2, 0.25) is 0 Å². The number of pyridine rings is 1. The fraction of sp³-hybridized carbons (Fsp3) is 0.174. The lowest BCUT2D eigenvalue weighted by atomic mass is 10.0. The quantitative estimate of drug-likeness (QED) is 0.552. The van der Waals surface area contributed by atoms with E-state index in [4.69, 9.17) is 5.26 Å². The Hall–Kier alpha value is -3.83. The number of benzene rings is 1. The van der Waals surface area contributed by atoms with Crippen molar-refractivity contribution in [2.24, 2.45) is 0 Å². The molecule has 1 aliphatic heterocycles. The first-order chi connectivity index (χ1) is 15.0. The molecule has 0 fully saturated rings. The predicted octanol–water partition coefficient (Wildman–Crippen LogP) is 3.61. The number of halogens is 2. The number of hydrogen-bond acceptors (Lipinski definition) is 4. The highest BCUT2D eigenvalue weighted by Crippen LogP contribution is 2.24. The van der Waals surface area contributed by atoms with Crippen LogP contribution in [-0.4, -0.2) is 32.4 Å². The Balaban J connectivity index is 1.40. The molecule has 31 heavy (non-hydrogen) atoms. The molecule has 0 atom stereocenters. The van der Waals surface area contributed by atoms with Crippen LogP contribution in [0.4, 0.5) is 8.78 Å². The van der Waals surface area contributed by atoms with Gasteiger partial charge in [0, 0.05) is 43.7 Å². The van der Waals surface area contributed by atoms with Crippen molar-refractivity contribution in [3.05, 3.63) is 87.6 Å². The molecule has 6 nitrogen and oxygen atoms in total. The lowest BCUT2D eigenvalue weighted by Gasteiger charge is -2.26. The van der Waals surface area contributed by atoms with E-state index in [1.807, 2.05) is 6.07 Å². The van der Waals surface area contributed by atoms with Crippen LogP contribution in [0.25, 0.3) is 22.1 Å². The average molecular weight is 417 g/mol. The van der Waals surface area contributed by atoms with Crippen molar-refractivity contribution >= 4 is 22.1 Å². The van der Waals surface area contributed by atoms with E-state index in [0.29, 0.717) is 35.2 Å². The van der Waals surface area contributed by atoms with Crippen LogP contribution in [0.1, 0.15) is 23.2 Å². The van der Waals surface area contributed by atoms with Gasteiger partial charge in [-0.05, 0) is 36.3 Å². The van der Waals surface area contributed by atoms with E-state index in [0.717, 1.165) is 24.2 Å². The molecule has 5 rings (SSSR count). The lowest BCUT2D eigenvalue weighted by Crippen LogP contribution is -2.28. The van der Waals surface area contributed by atoms with Crippen molar-refractivity contribution in [3.63, 3.8) is 0 Å². The molecule has 3 aromatic heterocycles. The summed E-state index contributed by atoms with van der Waals surface area (Å²) in [5.41, 5.74) is 3.12. The number of rotatable bonds is 3. The largest absolute Gasteiger partial charge is 0.319 e. The molecule has 0 spiro atoms. The Labute approximate surface area is 175 Å². The molecule has 1 N–H and O–H groups in total. The highest BCUT2D eigenvalue weighted by molar-refractivity contribution is 5.79. The molecule has 0 amide bonds. The van der Waals surface area contributed by atoms with E-state index >= 15 is 0 Å². The van der Waals surface area contributed by atoms with Gasteiger partial charge in [-0.15, -0.1) is 0 Å². The Morgan fingerprint density at radius 2 is 2.06 bits per heavy atom. The van der Waals surface area contributed by atoms with Gasteiger partial charge in [0.1, 0.15) is 17.4 Å². The van der Waals surface area contributed by atoms with Crippen molar-refractivity contribution in [1.82, 2.24) is 19.3 Å². The topological polar surface area (TPSA) is 77.2 Å². The van der Waals surface area contributed by atoms with E-state index in [1.165, 1.54) is 22.7 Å². The van der Waals surface area contributed by atoms with Crippen molar-refractivity contribution in [3.8, 4) is 6.07 Å². The number of hydrogen-bond donors (Lipinski definition) is 1. The maximum atomic E-state index is 14.8. The molecule has 0 radical (unpaired) electrons. The van der Waals surface area contributed by atoms with Crippen molar-refractivity contribution in [2.45, 2.75) is 13.0 Å². The maximum absolute atomic E-state index is 14.8. The van der Waals surface area contributed by atoms with Crippen LogP contribution in [-0.2, 0) is 6.54 Å². The summed E-state index contributed by atoms with van der Waals surface area (Å²) in [6.07, 6.45) is 5.80. The fourth-order valence-corrected chi connectivity index (χ4v) is 4.02. The lowest BCUT2D eigenvalue weighted by molar-refractivity contribution is 0.289. The van der Waals surface area contributed by atoms with Crippen LogP contribution in [0.15, 0.2) is 53.6 Å². The normalized spacial score (nSPS) is 14.7. The number of H-pyrrole nitrogens is 1. The summed E-state index contributed by atoms with van der Waals surface area (Å²) in [6, 6.07) is 9.78. The second-order valence-corrected chi connectivity index (χ2v) is 7.56.